The molecule has 0 aliphatic carbocycles. The Morgan fingerprint density at radius 3 is 2.45 bits per heavy atom. The van der Waals surface area contributed by atoms with E-state index in [1.807, 2.05) is 32.9 Å². The first-order valence-corrected chi connectivity index (χ1v) is 7.16. The topological polar surface area (TPSA) is 50.1 Å². The molecule has 0 saturated carbocycles. The number of carbonyl (C=O) groups excluding carboxylic acids is 1. The molecule has 3 nitrogen and oxygen atoms in total. The number of ether oxygens (including phenoxy) is 1. The molecule has 1 aromatic rings. The molecular formula is C17H23NO2. The van der Waals surface area contributed by atoms with Crippen LogP contribution in [0.4, 0.5) is 0 Å². The van der Waals surface area contributed by atoms with Crippen LogP contribution >= 0.6 is 0 Å². The molecule has 0 radical (unpaired) electrons. The van der Waals surface area contributed by atoms with Crippen LogP contribution < -0.4 is 4.74 Å². The average molecular weight is 273 g/mol. The van der Waals surface area contributed by atoms with Crippen molar-refractivity contribution in [1.29, 1.82) is 5.26 Å². The largest absolute Gasteiger partial charge is 0.494 e. The number of rotatable bonds is 8. The standard InChI is InChI=1S/C17H23NO2/c1-4-16(19)14-7-9-15(10-8-14)20-12-6-5-11-17(2,3)13-18/h7-10H,4-6,11-12H2,1-3H3. The molecule has 0 heterocycles. The van der Waals surface area contributed by atoms with Crippen molar-refractivity contribution in [3.05, 3.63) is 29.8 Å². The van der Waals surface area contributed by atoms with Gasteiger partial charge in [-0.25, -0.2) is 0 Å². The minimum absolute atomic E-state index is 0.148. The molecule has 3 heteroatoms. The Labute approximate surface area is 121 Å². The number of unbranched alkanes of at least 4 members (excludes halogenated alkanes) is 1. The molecule has 0 fully saturated rings. The third-order valence-electron chi connectivity index (χ3n) is 3.26. The van der Waals surface area contributed by atoms with Crippen LogP contribution in [-0.4, -0.2) is 12.4 Å². The summed E-state index contributed by atoms with van der Waals surface area (Å²) in [5, 5.41) is 8.91. The van der Waals surface area contributed by atoms with E-state index in [4.69, 9.17) is 10.00 Å². The summed E-state index contributed by atoms with van der Waals surface area (Å²) in [6.45, 7) is 6.41. The van der Waals surface area contributed by atoms with Crippen LogP contribution in [0.1, 0.15) is 56.8 Å². The summed E-state index contributed by atoms with van der Waals surface area (Å²) in [6, 6.07) is 9.58. The highest BCUT2D eigenvalue weighted by molar-refractivity contribution is 5.95. The number of hydrogen-bond donors (Lipinski definition) is 0. The lowest BCUT2D eigenvalue weighted by molar-refractivity contribution is 0.0988. The summed E-state index contributed by atoms with van der Waals surface area (Å²) < 4.78 is 5.63. The molecule has 0 aliphatic heterocycles. The van der Waals surface area contributed by atoms with Crippen LogP contribution in [0.3, 0.4) is 0 Å². The molecule has 0 spiro atoms. The van der Waals surface area contributed by atoms with Gasteiger partial charge in [0.25, 0.3) is 0 Å². The van der Waals surface area contributed by atoms with E-state index in [0.717, 1.165) is 30.6 Å². The quantitative estimate of drug-likeness (QED) is 0.521. The molecule has 1 aromatic carbocycles. The molecule has 20 heavy (non-hydrogen) atoms. The molecule has 0 atom stereocenters. The number of benzene rings is 1. The second-order valence-electron chi connectivity index (χ2n) is 5.60. The Morgan fingerprint density at radius 2 is 1.90 bits per heavy atom. The predicted molar refractivity (Wildman–Crippen MR) is 79.8 cm³/mol. The molecule has 0 aliphatic rings. The summed E-state index contributed by atoms with van der Waals surface area (Å²) in [5.41, 5.74) is 0.484. The molecule has 108 valence electrons. The van der Waals surface area contributed by atoms with E-state index < -0.39 is 0 Å². The van der Waals surface area contributed by atoms with Crippen molar-refractivity contribution in [3.8, 4) is 11.8 Å². The summed E-state index contributed by atoms with van der Waals surface area (Å²) >= 11 is 0. The normalized spacial score (nSPS) is 10.9. The van der Waals surface area contributed by atoms with Gasteiger partial charge in [-0.05, 0) is 57.4 Å². The number of carbonyl (C=O) groups is 1. The van der Waals surface area contributed by atoms with Crippen LogP contribution in [0.2, 0.25) is 0 Å². The van der Waals surface area contributed by atoms with Gasteiger partial charge in [-0.3, -0.25) is 4.79 Å². The molecule has 0 unspecified atom stereocenters. The van der Waals surface area contributed by atoms with Gasteiger partial charge in [0, 0.05) is 12.0 Å². The van der Waals surface area contributed by atoms with E-state index in [2.05, 4.69) is 6.07 Å². The Morgan fingerprint density at radius 1 is 1.25 bits per heavy atom. The zero-order chi connectivity index (χ0) is 15.0. The summed E-state index contributed by atoms with van der Waals surface area (Å²) in [4.78, 5) is 11.5. The van der Waals surface area contributed by atoms with Crippen molar-refractivity contribution < 1.29 is 9.53 Å². The van der Waals surface area contributed by atoms with Gasteiger partial charge in [-0.15, -0.1) is 0 Å². The van der Waals surface area contributed by atoms with Crippen molar-refractivity contribution in [3.63, 3.8) is 0 Å². The van der Waals surface area contributed by atoms with Crippen molar-refractivity contribution in [2.24, 2.45) is 5.41 Å². The molecule has 1 rings (SSSR count). The lowest BCUT2D eigenvalue weighted by Crippen LogP contribution is -2.08. The summed E-state index contributed by atoms with van der Waals surface area (Å²) in [7, 11) is 0. The molecule has 0 aromatic heterocycles. The van der Waals surface area contributed by atoms with Gasteiger partial charge in [0.1, 0.15) is 5.75 Å². The van der Waals surface area contributed by atoms with Crippen molar-refractivity contribution in [2.75, 3.05) is 6.61 Å². The number of nitrogens with zero attached hydrogens (tertiary/aromatic N) is 1. The van der Waals surface area contributed by atoms with Crippen LogP contribution in [0.15, 0.2) is 24.3 Å². The monoisotopic (exact) mass is 273 g/mol. The smallest absolute Gasteiger partial charge is 0.162 e. The van der Waals surface area contributed by atoms with Gasteiger partial charge in [0.15, 0.2) is 5.78 Å². The molecule has 0 amide bonds. The van der Waals surface area contributed by atoms with Crippen LogP contribution in [0.25, 0.3) is 0 Å². The van der Waals surface area contributed by atoms with Gasteiger partial charge in [0.2, 0.25) is 0 Å². The van der Waals surface area contributed by atoms with Gasteiger partial charge in [0.05, 0.1) is 18.1 Å². The SMILES string of the molecule is CCC(=O)c1ccc(OCCCCC(C)(C)C#N)cc1. The Kier molecular flexibility index (Phi) is 6.24. The van der Waals surface area contributed by atoms with E-state index in [1.165, 1.54) is 0 Å². The Balaban J connectivity index is 2.29. The van der Waals surface area contributed by atoms with E-state index in [-0.39, 0.29) is 11.2 Å². The lowest BCUT2D eigenvalue weighted by Gasteiger charge is -2.14. The van der Waals surface area contributed by atoms with Crippen LogP contribution in [0, 0.1) is 16.7 Å². The maximum atomic E-state index is 11.5. The second kappa shape index (κ2) is 7.69. The van der Waals surface area contributed by atoms with Gasteiger partial charge >= 0.3 is 0 Å². The molecule has 0 saturated heterocycles. The maximum Gasteiger partial charge on any atom is 0.162 e. The molecule has 0 bridgehead atoms. The first-order valence-electron chi connectivity index (χ1n) is 7.16. The second-order valence-corrected chi connectivity index (χ2v) is 5.60. The number of hydrogen-bond acceptors (Lipinski definition) is 3. The Hall–Kier alpha value is -1.82. The fraction of sp³-hybridized carbons (Fsp3) is 0.529. The first-order chi connectivity index (χ1) is 9.48. The average Bonchev–Trinajstić information content (AvgIpc) is 2.46. The van der Waals surface area contributed by atoms with E-state index in [0.29, 0.717) is 13.0 Å². The lowest BCUT2D eigenvalue weighted by atomic mass is 9.89. The van der Waals surface area contributed by atoms with E-state index >= 15 is 0 Å². The molecular weight excluding hydrogens is 250 g/mol. The number of nitriles is 1. The third-order valence-corrected chi connectivity index (χ3v) is 3.26. The zero-order valence-electron chi connectivity index (χ0n) is 12.6. The van der Waals surface area contributed by atoms with Gasteiger partial charge < -0.3 is 4.74 Å². The summed E-state index contributed by atoms with van der Waals surface area (Å²) in [6.07, 6.45) is 3.32. The fourth-order valence-corrected chi connectivity index (χ4v) is 1.86. The van der Waals surface area contributed by atoms with Crippen LogP contribution in [0.5, 0.6) is 5.75 Å². The van der Waals surface area contributed by atoms with Gasteiger partial charge in [-0.1, -0.05) is 6.92 Å². The third kappa shape index (κ3) is 5.44. The van der Waals surface area contributed by atoms with Crippen molar-refractivity contribution in [2.45, 2.75) is 46.5 Å². The van der Waals surface area contributed by atoms with E-state index in [9.17, 15) is 4.79 Å². The fourth-order valence-electron chi connectivity index (χ4n) is 1.86. The maximum absolute atomic E-state index is 11.5. The summed E-state index contributed by atoms with van der Waals surface area (Å²) in [5.74, 6) is 0.937. The first kappa shape index (κ1) is 16.2. The van der Waals surface area contributed by atoms with Gasteiger partial charge in [-0.2, -0.15) is 5.26 Å². The zero-order valence-corrected chi connectivity index (χ0v) is 12.6. The minimum atomic E-state index is -0.248. The predicted octanol–water partition coefficient (Wildman–Crippen LogP) is 4.38. The highest BCUT2D eigenvalue weighted by Gasteiger charge is 2.15. The Bertz CT molecular complexity index is 469. The van der Waals surface area contributed by atoms with Crippen molar-refractivity contribution >= 4 is 5.78 Å². The molecule has 0 N–H and O–H groups in total. The number of ketones is 1. The van der Waals surface area contributed by atoms with E-state index in [1.54, 1.807) is 12.1 Å². The minimum Gasteiger partial charge on any atom is -0.494 e. The van der Waals surface area contributed by atoms with Crippen molar-refractivity contribution in [1.82, 2.24) is 0 Å². The number of Topliss-reactive ketones (excluding diaryl/α,β-unsaturated/α-hetero) is 1. The highest BCUT2D eigenvalue weighted by atomic mass is 16.5. The highest BCUT2D eigenvalue weighted by Crippen LogP contribution is 2.21. The van der Waals surface area contributed by atoms with Crippen LogP contribution in [-0.2, 0) is 0 Å².